The zero-order chi connectivity index (χ0) is 21.3. The van der Waals surface area contributed by atoms with Crippen molar-refractivity contribution in [1.29, 1.82) is 0 Å². The van der Waals surface area contributed by atoms with Gasteiger partial charge in [0, 0.05) is 24.3 Å². The quantitative estimate of drug-likeness (QED) is 0.234. The van der Waals surface area contributed by atoms with Crippen LogP contribution in [0.1, 0.15) is 48.9 Å². The van der Waals surface area contributed by atoms with Gasteiger partial charge in [-0.3, -0.25) is 9.20 Å². The van der Waals surface area contributed by atoms with Crippen LogP contribution in [-0.4, -0.2) is 39.1 Å². The fraction of sp³-hybridized carbons (Fsp3) is 0.364. The number of benzene rings is 1. The second kappa shape index (κ2) is 12.2. The van der Waals surface area contributed by atoms with Crippen molar-refractivity contribution in [2.24, 2.45) is 4.99 Å². The van der Waals surface area contributed by atoms with E-state index in [1.54, 1.807) is 0 Å². The van der Waals surface area contributed by atoms with Gasteiger partial charge in [0.05, 0.1) is 13.1 Å². The highest BCUT2D eigenvalue weighted by atomic mass is 127. The Kier molecular flexibility index (Phi) is 9.70. The Morgan fingerprint density at radius 1 is 1.13 bits per heavy atom. The highest BCUT2D eigenvalue weighted by molar-refractivity contribution is 14.0. The van der Waals surface area contributed by atoms with Crippen molar-refractivity contribution >= 4 is 41.5 Å². The lowest BCUT2D eigenvalue weighted by Gasteiger charge is -2.12. The molecule has 2 aromatic heterocycles. The molecule has 1 atom stereocenters. The molecule has 0 bridgehead atoms. The Morgan fingerprint density at radius 3 is 2.74 bits per heavy atom. The number of nitrogens with one attached hydrogen (secondary N) is 3. The molecule has 3 rings (SSSR count). The van der Waals surface area contributed by atoms with E-state index in [2.05, 4.69) is 31.1 Å². The minimum Gasteiger partial charge on any atom is -0.357 e. The van der Waals surface area contributed by atoms with Crippen molar-refractivity contribution in [3.8, 4) is 0 Å². The SMILES string of the molecule is CCNC(=NCc1cccc(C(=O)NC(C)CC)c1)NCc1nnc2ccccn12.I. The summed E-state index contributed by atoms with van der Waals surface area (Å²) < 4.78 is 1.94. The Hall–Kier alpha value is -2.69. The van der Waals surface area contributed by atoms with E-state index in [4.69, 9.17) is 0 Å². The number of carbonyl (C=O) groups is 1. The number of amides is 1. The number of hydrogen-bond acceptors (Lipinski definition) is 4. The summed E-state index contributed by atoms with van der Waals surface area (Å²) in [6.45, 7) is 7.76. The van der Waals surface area contributed by atoms with Crippen molar-refractivity contribution in [2.75, 3.05) is 6.54 Å². The van der Waals surface area contributed by atoms with Gasteiger partial charge in [-0.15, -0.1) is 34.2 Å². The largest absolute Gasteiger partial charge is 0.357 e. The second-order valence-electron chi connectivity index (χ2n) is 7.08. The van der Waals surface area contributed by atoms with E-state index in [0.29, 0.717) is 24.6 Å². The minimum absolute atomic E-state index is 0. The van der Waals surface area contributed by atoms with Gasteiger partial charge in [-0.25, -0.2) is 4.99 Å². The molecule has 8 nitrogen and oxygen atoms in total. The van der Waals surface area contributed by atoms with Crippen molar-refractivity contribution in [3.05, 3.63) is 65.6 Å². The van der Waals surface area contributed by atoms with Gasteiger partial charge in [0.1, 0.15) is 0 Å². The molecule has 0 aliphatic rings. The average Bonchev–Trinajstić information content (AvgIpc) is 3.19. The zero-order valence-electron chi connectivity index (χ0n) is 18.1. The van der Waals surface area contributed by atoms with Gasteiger partial charge < -0.3 is 16.0 Å². The fourth-order valence-corrected chi connectivity index (χ4v) is 2.91. The van der Waals surface area contributed by atoms with Gasteiger partial charge in [-0.1, -0.05) is 25.1 Å². The van der Waals surface area contributed by atoms with Crippen LogP contribution in [0.5, 0.6) is 0 Å². The lowest BCUT2D eigenvalue weighted by atomic mass is 10.1. The molecule has 0 aliphatic carbocycles. The Balaban J connectivity index is 0.00000341. The highest BCUT2D eigenvalue weighted by Gasteiger charge is 2.09. The fourth-order valence-electron chi connectivity index (χ4n) is 2.91. The van der Waals surface area contributed by atoms with Crippen LogP contribution in [0.3, 0.4) is 0 Å². The first-order valence-corrected chi connectivity index (χ1v) is 10.3. The first-order chi connectivity index (χ1) is 14.6. The summed E-state index contributed by atoms with van der Waals surface area (Å²) in [6.07, 6.45) is 2.83. The number of aliphatic imine (C=N–C) groups is 1. The first kappa shape index (κ1) is 24.6. The van der Waals surface area contributed by atoms with Crippen LogP contribution in [-0.2, 0) is 13.1 Å². The predicted octanol–water partition coefficient (Wildman–Crippen LogP) is 3.13. The number of hydrogen-bond donors (Lipinski definition) is 3. The van der Waals surface area contributed by atoms with E-state index >= 15 is 0 Å². The molecule has 2 heterocycles. The average molecular weight is 535 g/mol. The van der Waals surface area contributed by atoms with E-state index in [1.165, 1.54) is 0 Å². The van der Waals surface area contributed by atoms with Crippen molar-refractivity contribution < 1.29 is 4.79 Å². The number of rotatable bonds is 8. The van der Waals surface area contributed by atoms with Gasteiger partial charge in [0.2, 0.25) is 0 Å². The monoisotopic (exact) mass is 535 g/mol. The number of guanidine groups is 1. The lowest BCUT2D eigenvalue weighted by Crippen LogP contribution is -2.37. The van der Waals surface area contributed by atoms with Crippen molar-refractivity contribution in [2.45, 2.75) is 46.3 Å². The summed E-state index contributed by atoms with van der Waals surface area (Å²) in [5.41, 5.74) is 2.43. The van der Waals surface area contributed by atoms with E-state index < -0.39 is 0 Å². The third-order valence-electron chi connectivity index (χ3n) is 4.74. The summed E-state index contributed by atoms with van der Waals surface area (Å²) in [7, 11) is 0. The molecular weight excluding hydrogens is 505 g/mol. The molecule has 3 N–H and O–H groups in total. The van der Waals surface area contributed by atoms with Crippen molar-refractivity contribution in [1.82, 2.24) is 30.5 Å². The lowest BCUT2D eigenvalue weighted by molar-refractivity contribution is 0.0939. The normalized spacial score (nSPS) is 12.2. The third-order valence-corrected chi connectivity index (χ3v) is 4.74. The first-order valence-electron chi connectivity index (χ1n) is 10.3. The molecular formula is C22H30IN7O. The van der Waals surface area contributed by atoms with E-state index in [-0.39, 0.29) is 35.9 Å². The standard InChI is InChI=1S/C22H29N7O.HI/c1-4-16(3)26-21(30)18-10-8-9-17(13-18)14-24-22(23-5-2)25-15-20-28-27-19-11-6-7-12-29(19)20;/h6-13,16H,4-5,14-15H2,1-3H3,(H,26,30)(H2,23,24,25);1H. The van der Waals surface area contributed by atoms with Gasteiger partial charge in [-0.2, -0.15) is 0 Å². The maximum absolute atomic E-state index is 12.4. The maximum Gasteiger partial charge on any atom is 0.251 e. The van der Waals surface area contributed by atoms with Crippen LogP contribution >= 0.6 is 24.0 Å². The van der Waals surface area contributed by atoms with Gasteiger partial charge in [0.15, 0.2) is 17.4 Å². The Labute approximate surface area is 200 Å². The number of pyridine rings is 1. The van der Waals surface area contributed by atoms with Crippen LogP contribution in [0.25, 0.3) is 5.65 Å². The molecule has 0 radical (unpaired) electrons. The van der Waals surface area contributed by atoms with Gasteiger partial charge >= 0.3 is 0 Å². The van der Waals surface area contributed by atoms with Crippen LogP contribution in [0.15, 0.2) is 53.7 Å². The third kappa shape index (κ3) is 6.91. The highest BCUT2D eigenvalue weighted by Crippen LogP contribution is 2.08. The number of nitrogens with zero attached hydrogens (tertiary/aromatic N) is 4. The van der Waals surface area contributed by atoms with Crippen LogP contribution in [0, 0.1) is 0 Å². The van der Waals surface area contributed by atoms with Crippen LogP contribution in [0.2, 0.25) is 0 Å². The van der Waals surface area contributed by atoms with Gasteiger partial charge in [0.25, 0.3) is 5.91 Å². The number of halogens is 1. The Bertz CT molecular complexity index is 1020. The molecule has 0 aliphatic heterocycles. The van der Waals surface area contributed by atoms with E-state index in [1.807, 2.05) is 73.8 Å². The number of fused-ring (bicyclic) bond motifs is 1. The number of carbonyl (C=O) groups excluding carboxylic acids is 1. The number of aromatic nitrogens is 3. The molecule has 1 unspecified atom stereocenters. The summed E-state index contributed by atoms with van der Waals surface area (Å²) >= 11 is 0. The van der Waals surface area contributed by atoms with Crippen LogP contribution in [0.4, 0.5) is 0 Å². The molecule has 0 spiro atoms. The molecule has 0 saturated carbocycles. The Morgan fingerprint density at radius 2 is 1.97 bits per heavy atom. The zero-order valence-corrected chi connectivity index (χ0v) is 20.5. The molecule has 1 aromatic carbocycles. The molecule has 9 heteroatoms. The smallest absolute Gasteiger partial charge is 0.251 e. The molecule has 0 saturated heterocycles. The minimum atomic E-state index is -0.0566. The molecule has 0 fully saturated rings. The molecule has 166 valence electrons. The van der Waals surface area contributed by atoms with Crippen molar-refractivity contribution in [3.63, 3.8) is 0 Å². The molecule has 3 aromatic rings. The summed E-state index contributed by atoms with van der Waals surface area (Å²) in [5.74, 6) is 1.43. The summed E-state index contributed by atoms with van der Waals surface area (Å²) in [4.78, 5) is 17.0. The summed E-state index contributed by atoms with van der Waals surface area (Å²) in [5, 5.41) is 17.9. The van der Waals surface area contributed by atoms with E-state index in [9.17, 15) is 4.79 Å². The molecule has 1 amide bonds. The van der Waals surface area contributed by atoms with Gasteiger partial charge in [-0.05, 0) is 50.1 Å². The topological polar surface area (TPSA) is 95.7 Å². The van der Waals surface area contributed by atoms with E-state index in [0.717, 1.165) is 30.0 Å². The van der Waals surface area contributed by atoms with Crippen LogP contribution < -0.4 is 16.0 Å². The maximum atomic E-state index is 12.4. The second-order valence-corrected chi connectivity index (χ2v) is 7.08. The molecule has 31 heavy (non-hydrogen) atoms. The predicted molar refractivity (Wildman–Crippen MR) is 134 cm³/mol. The summed E-state index contributed by atoms with van der Waals surface area (Å²) in [6, 6.07) is 13.5.